The fourth-order valence-corrected chi connectivity index (χ4v) is 8.26. The highest BCUT2D eigenvalue weighted by Crippen LogP contribution is 2.45. The standard InChI is InChI=1S/C52H33N3O/c1-5-16-34(17-6-1)38-28-30-41-40-24-13-14-26-44(40)55(45(41)32-38)39-29-31-42-47(33-39)56-46-27-15-25-43(48(42)46)49-50(35-18-7-2-8-19-35)53-52(37-22-11-4-12-23-37)54-51(49)36-20-9-3-10-21-36/h1-33H. The Hall–Kier alpha value is -7.56. The van der Waals surface area contributed by atoms with E-state index in [4.69, 9.17) is 14.4 Å². The first-order valence-electron chi connectivity index (χ1n) is 18.9. The minimum absolute atomic E-state index is 0.683. The summed E-state index contributed by atoms with van der Waals surface area (Å²) >= 11 is 0. The summed E-state index contributed by atoms with van der Waals surface area (Å²) in [6.07, 6.45) is 0. The van der Waals surface area contributed by atoms with Crippen molar-refractivity contribution in [1.29, 1.82) is 0 Å². The van der Waals surface area contributed by atoms with Crippen molar-refractivity contribution >= 4 is 43.7 Å². The molecule has 0 aliphatic rings. The second-order valence-electron chi connectivity index (χ2n) is 14.1. The molecule has 0 N–H and O–H groups in total. The van der Waals surface area contributed by atoms with Gasteiger partial charge in [0.25, 0.3) is 0 Å². The number of para-hydroxylation sites is 1. The number of fused-ring (bicyclic) bond motifs is 6. The predicted octanol–water partition coefficient (Wildman–Crippen LogP) is 13.8. The van der Waals surface area contributed by atoms with Crippen LogP contribution < -0.4 is 0 Å². The van der Waals surface area contributed by atoms with Gasteiger partial charge in [0.1, 0.15) is 11.2 Å². The maximum Gasteiger partial charge on any atom is 0.160 e. The van der Waals surface area contributed by atoms with Gasteiger partial charge >= 0.3 is 0 Å². The van der Waals surface area contributed by atoms with Crippen LogP contribution in [0.2, 0.25) is 0 Å². The number of furan rings is 1. The maximum absolute atomic E-state index is 6.80. The fraction of sp³-hybridized carbons (Fsp3) is 0. The van der Waals surface area contributed by atoms with Crippen LogP contribution in [-0.4, -0.2) is 14.5 Å². The third-order valence-electron chi connectivity index (χ3n) is 10.8. The molecule has 0 amide bonds. The molecule has 56 heavy (non-hydrogen) atoms. The number of rotatable bonds is 6. The van der Waals surface area contributed by atoms with Crippen LogP contribution >= 0.6 is 0 Å². The zero-order chi connectivity index (χ0) is 37.0. The molecule has 0 spiro atoms. The van der Waals surface area contributed by atoms with E-state index in [2.05, 4.69) is 174 Å². The van der Waals surface area contributed by atoms with Gasteiger partial charge in [0.05, 0.1) is 22.4 Å². The van der Waals surface area contributed by atoms with E-state index in [1.165, 1.54) is 21.9 Å². The van der Waals surface area contributed by atoms with Crippen molar-refractivity contribution in [2.45, 2.75) is 0 Å². The van der Waals surface area contributed by atoms with Crippen molar-refractivity contribution in [1.82, 2.24) is 14.5 Å². The number of nitrogens with zero attached hydrogens (tertiary/aromatic N) is 3. The molecule has 0 aliphatic heterocycles. The molecule has 0 aliphatic carbocycles. The van der Waals surface area contributed by atoms with Gasteiger partial charge in [-0.3, -0.25) is 0 Å². The quantitative estimate of drug-likeness (QED) is 0.172. The first kappa shape index (κ1) is 31.9. The molecule has 0 saturated carbocycles. The summed E-state index contributed by atoms with van der Waals surface area (Å²) in [4.78, 5) is 10.7. The van der Waals surface area contributed by atoms with Crippen molar-refractivity contribution in [2.24, 2.45) is 0 Å². The SMILES string of the molecule is c1ccc(-c2ccc3c4ccccc4n(-c4ccc5c(c4)oc4cccc(-c6c(-c7ccccc7)nc(-c7ccccc7)nc6-c6ccccc6)c45)c3c2)cc1. The van der Waals surface area contributed by atoms with E-state index in [1.54, 1.807) is 0 Å². The highest BCUT2D eigenvalue weighted by atomic mass is 16.3. The van der Waals surface area contributed by atoms with Gasteiger partial charge in [-0.05, 0) is 47.0 Å². The number of hydrogen-bond acceptors (Lipinski definition) is 3. The van der Waals surface area contributed by atoms with Crippen LogP contribution in [0.15, 0.2) is 205 Å². The third-order valence-corrected chi connectivity index (χ3v) is 10.8. The number of benzene rings is 8. The van der Waals surface area contributed by atoms with Crippen LogP contribution in [0.3, 0.4) is 0 Å². The molecular formula is C52H33N3O. The van der Waals surface area contributed by atoms with E-state index in [0.717, 1.165) is 77.9 Å². The summed E-state index contributed by atoms with van der Waals surface area (Å²) in [5.41, 5.74) is 14.1. The van der Waals surface area contributed by atoms with E-state index in [-0.39, 0.29) is 0 Å². The van der Waals surface area contributed by atoms with Crippen LogP contribution in [-0.2, 0) is 0 Å². The Labute approximate surface area is 323 Å². The summed E-state index contributed by atoms with van der Waals surface area (Å²) in [6, 6.07) is 70.0. The minimum Gasteiger partial charge on any atom is -0.456 e. The normalized spacial score (nSPS) is 11.6. The molecule has 11 aromatic rings. The molecule has 0 bridgehead atoms. The Morgan fingerprint density at radius 1 is 0.375 bits per heavy atom. The molecule has 8 aromatic carbocycles. The molecular weight excluding hydrogens is 683 g/mol. The van der Waals surface area contributed by atoms with Crippen molar-refractivity contribution in [3.63, 3.8) is 0 Å². The lowest BCUT2D eigenvalue weighted by Crippen LogP contribution is -2.01. The van der Waals surface area contributed by atoms with Gasteiger partial charge in [0, 0.05) is 55.6 Å². The van der Waals surface area contributed by atoms with E-state index in [9.17, 15) is 0 Å². The minimum atomic E-state index is 0.683. The molecule has 0 unspecified atom stereocenters. The van der Waals surface area contributed by atoms with Gasteiger partial charge < -0.3 is 8.98 Å². The van der Waals surface area contributed by atoms with Gasteiger partial charge in [-0.1, -0.05) is 164 Å². The summed E-state index contributed by atoms with van der Waals surface area (Å²) < 4.78 is 9.16. The summed E-state index contributed by atoms with van der Waals surface area (Å²) in [7, 11) is 0. The lowest BCUT2D eigenvalue weighted by Gasteiger charge is -2.17. The Morgan fingerprint density at radius 3 is 1.62 bits per heavy atom. The van der Waals surface area contributed by atoms with Crippen molar-refractivity contribution in [2.75, 3.05) is 0 Å². The van der Waals surface area contributed by atoms with Crippen LogP contribution in [0.25, 0.3) is 106 Å². The van der Waals surface area contributed by atoms with Crippen LogP contribution in [0.1, 0.15) is 0 Å². The van der Waals surface area contributed by atoms with Gasteiger partial charge in [0.2, 0.25) is 0 Å². The lowest BCUT2D eigenvalue weighted by molar-refractivity contribution is 0.668. The maximum atomic E-state index is 6.80. The van der Waals surface area contributed by atoms with E-state index < -0.39 is 0 Å². The number of hydrogen-bond donors (Lipinski definition) is 0. The summed E-state index contributed by atoms with van der Waals surface area (Å²) in [6.45, 7) is 0. The van der Waals surface area contributed by atoms with Crippen molar-refractivity contribution in [3.8, 4) is 61.8 Å². The van der Waals surface area contributed by atoms with E-state index in [1.807, 2.05) is 30.3 Å². The number of aromatic nitrogens is 3. The molecule has 4 nitrogen and oxygen atoms in total. The molecule has 3 aromatic heterocycles. The predicted molar refractivity (Wildman–Crippen MR) is 231 cm³/mol. The first-order valence-corrected chi connectivity index (χ1v) is 18.9. The van der Waals surface area contributed by atoms with Crippen LogP contribution in [0.4, 0.5) is 0 Å². The molecule has 3 heterocycles. The lowest BCUT2D eigenvalue weighted by atomic mass is 9.91. The molecule has 4 heteroatoms. The van der Waals surface area contributed by atoms with E-state index >= 15 is 0 Å². The van der Waals surface area contributed by atoms with E-state index in [0.29, 0.717) is 5.82 Å². The third kappa shape index (κ3) is 5.23. The Bertz CT molecular complexity index is 3160. The molecule has 0 atom stereocenters. The van der Waals surface area contributed by atoms with Crippen molar-refractivity contribution in [3.05, 3.63) is 200 Å². The Morgan fingerprint density at radius 2 is 0.946 bits per heavy atom. The van der Waals surface area contributed by atoms with Gasteiger partial charge in [-0.2, -0.15) is 0 Å². The van der Waals surface area contributed by atoms with Crippen LogP contribution in [0.5, 0.6) is 0 Å². The fourth-order valence-electron chi connectivity index (χ4n) is 8.26. The summed E-state index contributed by atoms with van der Waals surface area (Å²) in [5, 5.41) is 4.51. The molecule has 0 saturated heterocycles. The monoisotopic (exact) mass is 715 g/mol. The van der Waals surface area contributed by atoms with Gasteiger partial charge in [-0.25, -0.2) is 9.97 Å². The zero-order valence-corrected chi connectivity index (χ0v) is 30.3. The molecule has 262 valence electrons. The molecule has 0 fully saturated rings. The highest BCUT2D eigenvalue weighted by molar-refractivity contribution is 6.16. The summed E-state index contributed by atoms with van der Waals surface area (Å²) in [5.74, 6) is 0.683. The molecule has 11 rings (SSSR count). The Balaban J connectivity index is 1.16. The van der Waals surface area contributed by atoms with Crippen molar-refractivity contribution < 1.29 is 4.42 Å². The average Bonchev–Trinajstić information content (AvgIpc) is 3.82. The van der Waals surface area contributed by atoms with Gasteiger partial charge in [0.15, 0.2) is 5.82 Å². The zero-order valence-electron chi connectivity index (χ0n) is 30.3. The first-order chi connectivity index (χ1) is 27.8. The molecule has 0 radical (unpaired) electrons. The average molecular weight is 716 g/mol. The second kappa shape index (κ2) is 13.1. The highest BCUT2D eigenvalue weighted by Gasteiger charge is 2.24. The topological polar surface area (TPSA) is 43.9 Å². The smallest absolute Gasteiger partial charge is 0.160 e. The van der Waals surface area contributed by atoms with Crippen LogP contribution in [0, 0.1) is 0 Å². The largest absolute Gasteiger partial charge is 0.456 e. The van der Waals surface area contributed by atoms with Gasteiger partial charge in [-0.15, -0.1) is 0 Å². The second-order valence-corrected chi connectivity index (χ2v) is 14.1. The Kier molecular flexibility index (Phi) is 7.46.